The second-order valence-electron chi connectivity index (χ2n) is 3.69. The first-order chi connectivity index (χ1) is 8.09. The first-order valence-corrected chi connectivity index (χ1v) is 5.03. The largest absolute Gasteiger partial charge is 0.478 e. The van der Waals surface area contributed by atoms with Gasteiger partial charge in [0.25, 0.3) is 0 Å². The summed E-state index contributed by atoms with van der Waals surface area (Å²) in [6.45, 7) is 1.85. The molecule has 3 nitrogen and oxygen atoms in total. The van der Waals surface area contributed by atoms with Gasteiger partial charge < -0.3 is 5.11 Å². The van der Waals surface area contributed by atoms with Crippen molar-refractivity contribution in [2.45, 2.75) is 6.92 Å². The van der Waals surface area contributed by atoms with Gasteiger partial charge in [-0.05, 0) is 36.2 Å². The number of rotatable bonds is 2. The van der Waals surface area contributed by atoms with Crippen molar-refractivity contribution in [3.63, 3.8) is 0 Å². The molecule has 0 saturated heterocycles. The summed E-state index contributed by atoms with van der Waals surface area (Å²) >= 11 is 0. The van der Waals surface area contributed by atoms with Gasteiger partial charge in [0.1, 0.15) is 5.82 Å². The van der Waals surface area contributed by atoms with Crippen molar-refractivity contribution in [1.29, 1.82) is 0 Å². The van der Waals surface area contributed by atoms with Crippen LogP contribution in [-0.4, -0.2) is 16.1 Å². The van der Waals surface area contributed by atoms with Gasteiger partial charge in [-0.15, -0.1) is 0 Å². The van der Waals surface area contributed by atoms with Gasteiger partial charge in [0.2, 0.25) is 0 Å². The van der Waals surface area contributed by atoms with E-state index < -0.39 is 11.8 Å². The third kappa shape index (κ3) is 2.15. The Morgan fingerprint density at radius 1 is 1.29 bits per heavy atom. The van der Waals surface area contributed by atoms with Crippen LogP contribution in [0.5, 0.6) is 0 Å². The highest BCUT2D eigenvalue weighted by molar-refractivity contribution is 5.96. The molecule has 86 valence electrons. The van der Waals surface area contributed by atoms with E-state index in [1.165, 1.54) is 12.1 Å². The van der Waals surface area contributed by atoms with Crippen molar-refractivity contribution in [1.82, 2.24) is 4.98 Å². The van der Waals surface area contributed by atoms with Crippen molar-refractivity contribution in [3.8, 4) is 11.1 Å². The van der Waals surface area contributed by atoms with Crippen LogP contribution in [0.15, 0.2) is 36.7 Å². The third-order valence-corrected chi connectivity index (χ3v) is 2.54. The maximum absolute atomic E-state index is 13.0. The highest BCUT2D eigenvalue weighted by Crippen LogP contribution is 2.26. The molecule has 0 bridgehead atoms. The number of benzene rings is 1. The molecule has 2 rings (SSSR count). The average molecular weight is 231 g/mol. The zero-order valence-corrected chi connectivity index (χ0v) is 9.14. The summed E-state index contributed by atoms with van der Waals surface area (Å²) in [4.78, 5) is 15.0. The van der Waals surface area contributed by atoms with Crippen LogP contribution < -0.4 is 0 Å². The lowest BCUT2D eigenvalue weighted by Crippen LogP contribution is -2.01. The van der Waals surface area contributed by atoms with Crippen molar-refractivity contribution >= 4 is 5.97 Å². The molecule has 0 amide bonds. The van der Waals surface area contributed by atoms with Gasteiger partial charge in [0, 0.05) is 18.0 Å². The number of aryl methyl sites for hydroxylation is 1. The van der Waals surface area contributed by atoms with Gasteiger partial charge in [-0.2, -0.15) is 0 Å². The SMILES string of the molecule is Cc1ccncc1-c1ccc(F)cc1C(=O)O. The molecule has 0 spiro atoms. The Labute approximate surface area is 97.6 Å². The summed E-state index contributed by atoms with van der Waals surface area (Å²) in [5.41, 5.74) is 2.02. The summed E-state index contributed by atoms with van der Waals surface area (Å²) in [5.74, 6) is -1.71. The fraction of sp³-hybridized carbons (Fsp3) is 0.0769. The van der Waals surface area contributed by atoms with Crippen LogP contribution in [0.4, 0.5) is 4.39 Å². The predicted octanol–water partition coefficient (Wildman–Crippen LogP) is 2.89. The topological polar surface area (TPSA) is 50.2 Å². The number of nitrogens with zero attached hydrogens (tertiary/aromatic N) is 1. The Morgan fingerprint density at radius 2 is 2.06 bits per heavy atom. The molecule has 2 aromatic rings. The Morgan fingerprint density at radius 3 is 2.71 bits per heavy atom. The molecule has 1 aromatic heterocycles. The van der Waals surface area contributed by atoms with Crippen LogP contribution in [0.3, 0.4) is 0 Å². The number of halogens is 1. The maximum atomic E-state index is 13.0. The number of hydrogen-bond acceptors (Lipinski definition) is 2. The molecule has 0 aliphatic carbocycles. The lowest BCUT2D eigenvalue weighted by Gasteiger charge is -2.08. The number of carbonyl (C=O) groups is 1. The first-order valence-electron chi connectivity index (χ1n) is 5.03. The number of hydrogen-bond donors (Lipinski definition) is 1. The highest BCUT2D eigenvalue weighted by Gasteiger charge is 2.14. The zero-order chi connectivity index (χ0) is 12.4. The molecule has 17 heavy (non-hydrogen) atoms. The normalized spacial score (nSPS) is 10.2. The van der Waals surface area contributed by atoms with E-state index in [9.17, 15) is 9.18 Å². The molecule has 1 N–H and O–H groups in total. The van der Waals surface area contributed by atoms with Gasteiger partial charge in [-0.3, -0.25) is 4.98 Å². The molecule has 0 aliphatic rings. The molecule has 0 aliphatic heterocycles. The summed E-state index contributed by atoms with van der Waals surface area (Å²) in [6, 6.07) is 5.51. The molecular formula is C13H10FNO2. The van der Waals surface area contributed by atoms with Crippen LogP contribution in [0.1, 0.15) is 15.9 Å². The number of pyridine rings is 1. The molecular weight excluding hydrogens is 221 g/mol. The van der Waals surface area contributed by atoms with Crippen molar-refractivity contribution in [2.24, 2.45) is 0 Å². The van der Waals surface area contributed by atoms with Gasteiger partial charge in [0.05, 0.1) is 5.56 Å². The van der Waals surface area contributed by atoms with Crippen molar-refractivity contribution in [2.75, 3.05) is 0 Å². The van der Waals surface area contributed by atoms with E-state index in [-0.39, 0.29) is 5.56 Å². The van der Waals surface area contributed by atoms with E-state index in [1.807, 2.05) is 6.92 Å². The monoisotopic (exact) mass is 231 g/mol. The van der Waals surface area contributed by atoms with Gasteiger partial charge in [-0.25, -0.2) is 9.18 Å². The van der Waals surface area contributed by atoms with Crippen molar-refractivity contribution < 1.29 is 14.3 Å². The number of aromatic carboxylic acids is 1. The summed E-state index contributed by atoms with van der Waals surface area (Å²) in [6.07, 6.45) is 3.21. The molecule has 1 aromatic carbocycles. The van der Waals surface area contributed by atoms with Crippen molar-refractivity contribution in [3.05, 3.63) is 53.6 Å². The first kappa shape index (κ1) is 11.3. The lowest BCUT2D eigenvalue weighted by atomic mass is 9.98. The van der Waals surface area contributed by atoms with Gasteiger partial charge in [0.15, 0.2) is 0 Å². The van der Waals surface area contributed by atoms with E-state index in [2.05, 4.69) is 4.98 Å². The number of aromatic nitrogens is 1. The van der Waals surface area contributed by atoms with Crippen LogP contribution in [-0.2, 0) is 0 Å². The van der Waals surface area contributed by atoms with Gasteiger partial charge in [-0.1, -0.05) is 6.07 Å². The Hall–Kier alpha value is -2.23. The second kappa shape index (κ2) is 4.33. The smallest absolute Gasteiger partial charge is 0.336 e. The van der Waals surface area contributed by atoms with Crippen LogP contribution in [0.25, 0.3) is 11.1 Å². The third-order valence-electron chi connectivity index (χ3n) is 2.54. The molecule has 0 saturated carbocycles. The minimum absolute atomic E-state index is 0.0545. The predicted molar refractivity (Wildman–Crippen MR) is 61.3 cm³/mol. The average Bonchev–Trinajstić information content (AvgIpc) is 2.30. The Balaban J connectivity index is 2.68. The number of carboxylic acid groups (broad SMARTS) is 1. The minimum Gasteiger partial charge on any atom is -0.478 e. The van der Waals surface area contributed by atoms with E-state index >= 15 is 0 Å². The zero-order valence-electron chi connectivity index (χ0n) is 9.14. The summed E-state index contributed by atoms with van der Waals surface area (Å²) in [5, 5.41) is 9.06. The molecule has 4 heteroatoms. The molecule has 0 unspecified atom stereocenters. The lowest BCUT2D eigenvalue weighted by molar-refractivity contribution is 0.0697. The summed E-state index contributed by atoms with van der Waals surface area (Å²) < 4.78 is 13.0. The molecule has 1 heterocycles. The minimum atomic E-state index is -1.15. The Kier molecular flexibility index (Phi) is 2.87. The van der Waals surface area contributed by atoms with E-state index in [0.29, 0.717) is 11.1 Å². The van der Waals surface area contributed by atoms with Gasteiger partial charge >= 0.3 is 5.97 Å². The highest BCUT2D eigenvalue weighted by atomic mass is 19.1. The van der Waals surface area contributed by atoms with E-state index in [0.717, 1.165) is 11.6 Å². The van der Waals surface area contributed by atoms with E-state index in [4.69, 9.17) is 5.11 Å². The quantitative estimate of drug-likeness (QED) is 0.864. The number of carboxylic acids is 1. The van der Waals surface area contributed by atoms with Crippen LogP contribution >= 0.6 is 0 Å². The van der Waals surface area contributed by atoms with Crippen LogP contribution in [0, 0.1) is 12.7 Å². The standard InChI is InChI=1S/C13H10FNO2/c1-8-4-5-15-7-12(8)10-3-2-9(14)6-11(10)13(16)17/h2-7H,1H3,(H,16,17). The fourth-order valence-corrected chi connectivity index (χ4v) is 1.67. The molecule has 0 atom stereocenters. The van der Waals surface area contributed by atoms with Crippen LogP contribution in [0.2, 0.25) is 0 Å². The molecule has 0 fully saturated rings. The summed E-state index contributed by atoms with van der Waals surface area (Å²) in [7, 11) is 0. The molecule has 0 radical (unpaired) electrons. The fourth-order valence-electron chi connectivity index (χ4n) is 1.67. The Bertz CT molecular complexity index is 581. The second-order valence-corrected chi connectivity index (χ2v) is 3.69. The van der Waals surface area contributed by atoms with E-state index in [1.54, 1.807) is 18.5 Å². The maximum Gasteiger partial charge on any atom is 0.336 e.